The number of hydrogen-bond donors (Lipinski definition) is 0. The van der Waals surface area contributed by atoms with Crippen molar-refractivity contribution in [1.82, 2.24) is 0 Å². The number of unbranched alkanes of at least 4 members (excludes halogenated alkanes) is 4. The summed E-state index contributed by atoms with van der Waals surface area (Å²) in [6.45, 7) is 19.4. The molecule has 0 aliphatic heterocycles. The van der Waals surface area contributed by atoms with Gasteiger partial charge in [0.05, 0.1) is 0 Å². The van der Waals surface area contributed by atoms with Gasteiger partial charge in [-0.05, 0) is 136 Å². The molecule has 3 aliphatic rings. The Labute approximate surface area is 319 Å². The van der Waals surface area contributed by atoms with Crippen LogP contribution >= 0.6 is 0 Å². The van der Waals surface area contributed by atoms with Gasteiger partial charge in [-0.25, -0.2) is 0 Å². The van der Waals surface area contributed by atoms with Gasteiger partial charge in [-0.1, -0.05) is 184 Å². The van der Waals surface area contributed by atoms with Crippen LogP contribution in [0.1, 0.15) is 162 Å². The van der Waals surface area contributed by atoms with Crippen LogP contribution < -0.4 is 10.4 Å². The lowest BCUT2D eigenvalue weighted by molar-refractivity contribution is 0.189. The van der Waals surface area contributed by atoms with Crippen molar-refractivity contribution >= 4 is 23.3 Å². The van der Waals surface area contributed by atoms with Crippen LogP contribution in [0.2, 0.25) is 0 Å². The summed E-state index contributed by atoms with van der Waals surface area (Å²) in [5.74, 6) is 2.44. The Morgan fingerprint density at radius 2 is 1.62 bits per heavy atom. The molecule has 2 aromatic rings. The second kappa shape index (κ2) is 19.3. The lowest BCUT2D eigenvalue weighted by Crippen LogP contribution is -2.30. The molecule has 0 heterocycles. The number of hydrogen-bond acceptors (Lipinski definition) is 0. The molecule has 0 saturated carbocycles. The first-order valence-corrected chi connectivity index (χ1v) is 21.5. The first kappa shape index (κ1) is 40.1. The molecular weight excluding hydrogens is 625 g/mol. The van der Waals surface area contributed by atoms with E-state index in [1.54, 1.807) is 11.1 Å². The van der Waals surface area contributed by atoms with E-state index in [-0.39, 0.29) is 0 Å². The minimum absolute atomic E-state index is 0.392. The van der Waals surface area contributed by atoms with Gasteiger partial charge < -0.3 is 0 Å². The van der Waals surface area contributed by atoms with E-state index in [0.29, 0.717) is 23.2 Å². The molecule has 0 fully saturated rings. The molecule has 2 aromatic carbocycles. The van der Waals surface area contributed by atoms with Gasteiger partial charge in [0, 0.05) is 0 Å². The predicted molar refractivity (Wildman–Crippen MR) is 231 cm³/mol. The molecule has 52 heavy (non-hydrogen) atoms. The molecule has 0 spiro atoms. The van der Waals surface area contributed by atoms with Crippen molar-refractivity contribution in [2.45, 2.75) is 152 Å². The van der Waals surface area contributed by atoms with Gasteiger partial charge in [-0.3, -0.25) is 0 Å². The average Bonchev–Trinajstić information content (AvgIpc) is 3.50. The van der Waals surface area contributed by atoms with Gasteiger partial charge in [-0.2, -0.15) is 0 Å². The summed E-state index contributed by atoms with van der Waals surface area (Å²) in [6, 6.07) is 16.1. The number of benzene rings is 2. The van der Waals surface area contributed by atoms with E-state index >= 15 is 0 Å². The second-order valence-corrected chi connectivity index (χ2v) is 17.4. The van der Waals surface area contributed by atoms with Crippen LogP contribution in [0.5, 0.6) is 0 Å². The fraction of sp³-hybridized carbons (Fsp3) is 0.538. The summed E-state index contributed by atoms with van der Waals surface area (Å²) >= 11 is 0. The van der Waals surface area contributed by atoms with Gasteiger partial charge in [-0.15, -0.1) is 0 Å². The highest BCUT2D eigenvalue weighted by atomic mass is 14.4. The van der Waals surface area contributed by atoms with E-state index in [1.165, 1.54) is 121 Å². The van der Waals surface area contributed by atoms with Crippen molar-refractivity contribution in [1.29, 1.82) is 0 Å². The number of aryl methyl sites for hydroxylation is 1. The molecule has 0 nitrogen and oxygen atoms in total. The average molecular weight is 697 g/mol. The van der Waals surface area contributed by atoms with E-state index in [0.717, 1.165) is 25.2 Å². The van der Waals surface area contributed by atoms with Gasteiger partial charge in [0.25, 0.3) is 0 Å². The molecular formula is C52H72. The first-order chi connectivity index (χ1) is 25.2. The summed E-state index contributed by atoms with van der Waals surface area (Å²) in [6.07, 6.45) is 36.5. The molecule has 0 bridgehead atoms. The van der Waals surface area contributed by atoms with Crippen LogP contribution in [-0.4, -0.2) is 0 Å². The topological polar surface area (TPSA) is 0 Å². The Balaban J connectivity index is 1.45. The molecule has 3 aliphatic carbocycles. The fourth-order valence-electron chi connectivity index (χ4n) is 9.39. The smallest absolute Gasteiger partial charge is 0.00883 e. The Kier molecular flexibility index (Phi) is 14.9. The molecule has 0 amide bonds. The summed E-state index contributed by atoms with van der Waals surface area (Å²) in [7, 11) is 0. The van der Waals surface area contributed by atoms with Gasteiger partial charge in [0.15, 0.2) is 0 Å². The third kappa shape index (κ3) is 10.1. The third-order valence-electron chi connectivity index (χ3n) is 13.4. The molecule has 0 radical (unpaired) electrons. The molecule has 0 aromatic heterocycles. The zero-order valence-corrected chi connectivity index (χ0v) is 34.5. The van der Waals surface area contributed by atoms with E-state index in [2.05, 4.69) is 140 Å². The minimum Gasteiger partial charge on any atom is -0.0835 e. The maximum atomic E-state index is 2.61. The maximum absolute atomic E-state index is 2.61. The van der Waals surface area contributed by atoms with Crippen molar-refractivity contribution in [3.05, 3.63) is 117 Å². The van der Waals surface area contributed by atoms with Crippen LogP contribution in [-0.2, 0) is 6.42 Å². The van der Waals surface area contributed by atoms with Gasteiger partial charge in [0.1, 0.15) is 0 Å². The van der Waals surface area contributed by atoms with Crippen molar-refractivity contribution in [2.24, 2.45) is 29.1 Å². The largest absolute Gasteiger partial charge is 0.0835 e. The van der Waals surface area contributed by atoms with Crippen LogP contribution in [0.3, 0.4) is 0 Å². The normalized spacial score (nSPS) is 20.8. The highest BCUT2D eigenvalue weighted by molar-refractivity contribution is 5.72. The van der Waals surface area contributed by atoms with E-state index in [4.69, 9.17) is 0 Å². The monoisotopic (exact) mass is 697 g/mol. The third-order valence-corrected chi connectivity index (χ3v) is 13.4. The SMILES string of the molecule is CC=C(c1cc(CC)c2c(c1)=CC1=C(CC=2)CCC(C)(C(C)C)C1)C(C)[C@H](CCCCC(C)CCCCCC)C1=CC=C(c2ccccc2)CC=C1. The van der Waals surface area contributed by atoms with Crippen molar-refractivity contribution in [3.63, 3.8) is 0 Å². The van der Waals surface area contributed by atoms with Crippen LogP contribution in [0, 0.1) is 29.1 Å². The fourth-order valence-corrected chi connectivity index (χ4v) is 9.39. The lowest BCUT2D eigenvalue weighted by Gasteiger charge is -2.39. The standard InChI is InChI=1S/C52H72/c1-9-12-13-15-21-39(6)22-18-19-27-50(45-26-20-25-43(28-29-45)42-23-16-14-17-24-42)40(7)49(11-3)46-34-41(10-2)51-31-30-44-32-33-52(8,38(4)5)37-48(44)36-47(51)35-46/h11,14,16-17,20,23-24,26,28-29,31,34-36,38-40,50H,9-10,12-13,15,18-19,21-22,25,27,30,32-33,37H2,1-8H3/t39?,40?,50-,52?/m0/s1. The zero-order chi connectivity index (χ0) is 37.1. The minimum atomic E-state index is 0.392. The maximum Gasteiger partial charge on any atom is -0.00883 e. The van der Waals surface area contributed by atoms with Gasteiger partial charge >= 0.3 is 0 Å². The van der Waals surface area contributed by atoms with Crippen LogP contribution in [0.25, 0.3) is 23.3 Å². The predicted octanol–water partition coefficient (Wildman–Crippen LogP) is 14.1. The van der Waals surface area contributed by atoms with Crippen molar-refractivity contribution in [3.8, 4) is 0 Å². The van der Waals surface area contributed by atoms with E-state index in [1.807, 2.05) is 0 Å². The number of fused-ring (bicyclic) bond motifs is 1. The molecule has 0 N–H and O–H groups in total. The van der Waals surface area contributed by atoms with E-state index in [9.17, 15) is 0 Å². The van der Waals surface area contributed by atoms with E-state index < -0.39 is 0 Å². The summed E-state index contributed by atoms with van der Waals surface area (Å²) < 4.78 is 0. The number of rotatable bonds is 17. The molecule has 4 atom stereocenters. The second-order valence-electron chi connectivity index (χ2n) is 17.4. The van der Waals surface area contributed by atoms with Crippen molar-refractivity contribution in [2.75, 3.05) is 0 Å². The zero-order valence-electron chi connectivity index (χ0n) is 34.5. The summed E-state index contributed by atoms with van der Waals surface area (Å²) in [5.41, 5.74) is 12.4. The van der Waals surface area contributed by atoms with Crippen molar-refractivity contribution < 1.29 is 0 Å². The van der Waals surface area contributed by atoms with Gasteiger partial charge in [0.2, 0.25) is 0 Å². The Morgan fingerprint density at radius 3 is 2.33 bits per heavy atom. The molecule has 0 saturated heterocycles. The van der Waals surface area contributed by atoms with Crippen LogP contribution in [0.15, 0.2) is 89.6 Å². The highest BCUT2D eigenvalue weighted by Crippen LogP contribution is 2.46. The number of allylic oxidation sites excluding steroid dienone is 10. The summed E-state index contributed by atoms with van der Waals surface area (Å²) in [5, 5.41) is 2.94. The Morgan fingerprint density at radius 1 is 0.865 bits per heavy atom. The lowest BCUT2D eigenvalue weighted by atomic mass is 9.66. The molecule has 280 valence electrons. The molecule has 0 heteroatoms. The Bertz CT molecular complexity index is 1750. The molecule has 3 unspecified atom stereocenters. The van der Waals surface area contributed by atoms with Crippen LogP contribution in [0.4, 0.5) is 0 Å². The highest BCUT2D eigenvalue weighted by Gasteiger charge is 2.33. The quantitative estimate of drug-likeness (QED) is 0.144. The molecule has 5 rings (SSSR count). The first-order valence-electron chi connectivity index (χ1n) is 21.5. The Hall–Kier alpha value is -3.12. The summed E-state index contributed by atoms with van der Waals surface area (Å²) in [4.78, 5) is 0.